The van der Waals surface area contributed by atoms with Crippen molar-refractivity contribution in [2.24, 2.45) is 0 Å². The highest BCUT2D eigenvalue weighted by atomic mass is 16.6. The minimum atomic E-state index is -0.450. The van der Waals surface area contributed by atoms with E-state index in [1.54, 1.807) is 13.1 Å². The summed E-state index contributed by atoms with van der Waals surface area (Å²) in [4.78, 5) is 16.0. The normalized spacial score (nSPS) is 13.2. The van der Waals surface area contributed by atoms with Gasteiger partial charge in [0.1, 0.15) is 11.6 Å². The van der Waals surface area contributed by atoms with E-state index in [0.717, 1.165) is 11.3 Å². The third kappa shape index (κ3) is 4.84. The molecule has 4 nitrogen and oxygen atoms in total. The Hall–Kier alpha value is -1.42. The Morgan fingerprint density at radius 1 is 1.50 bits per heavy atom. The molecule has 0 bridgehead atoms. The number of nitrogens with one attached hydrogen (secondary N) is 1. The maximum absolute atomic E-state index is 11.8. The van der Waals surface area contributed by atoms with Crippen LogP contribution >= 0.6 is 0 Å². The van der Waals surface area contributed by atoms with E-state index in [0.29, 0.717) is 6.54 Å². The van der Waals surface area contributed by atoms with Gasteiger partial charge in [-0.25, -0.2) is 0 Å². The number of pyridine rings is 1. The van der Waals surface area contributed by atoms with E-state index in [2.05, 4.69) is 10.3 Å². The summed E-state index contributed by atoms with van der Waals surface area (Å²) in [5, 5.41) is 3.13. The summed E-state index contributed by atoms with van der Waals surface area (Å²) < 4.78 is 5.30. The molecular formula is C14H22N2O2. The molecule has 0 saturated carbocycles. The summed E-state index contributed by atoms with van der Waals surface area (Å²) in [5.41, 5.74) is 1.61. The van der Waals surface area contributed by atoms with E-state index >= 15 is 0 Å². The Balaban J connectivity index is 2.49. The third-order valence-electron chi connectivity index (χ3n) is 2.45. The molecule has 0 saturated heterocycles. The van der Waals surface area contributed by atoms with Crippen molar-refractivity contribution in [2.75, 3.05) is 0 Å². The van der Waals surface area contributed by atoms with Crippen molar-refractivity contribution < 1.29 is 9.53 Å². The van der Waals surface area contributed by atoms with E-state index in [4.69, 9.17) is 4.74 Å². The van der Waals surface area contributed by atoms with E-state index in [1.165, 1.54) is 0 Å². The fraction of sp³-hybridized carbons (Fsp3) is 0.571. The fourth-order valence-corrected chi connectivity index (χ4v) is 1.43. The number of nitrogens with zero attached hydrogens (tertiary/aromatic N) is 1. The van der Waals surface area contributed by atoms with Gasteiger partial charge in [-0.15, -0.1) is 0 Å². The first kappa shape index (κ1) is 14.6. The van der Waals surface area contributed by atoms with E-state index < -0.39 is 5.60 Å². The molecule has 1 N–H and O–H groups in total. The van der Waals surface area contributed by atoms with Crippen molar-refractivity contribution in [3.63, 3.8) is 0 Å². The van der Waals surface area contributed by atoms with Crippen LogP contribution in [0, 0.1) is 6.92 Å². The summed E-state index contributed by atoms with van der Waals surface area (Å²) in [6.07, 6.45) is 1.75. The zero-order valence-corrected chi connectivity index (χ0v) is 11.8. The Kier molecular flexibility index (Phi) is 4.84. The average molecular weight is 250 g/mol. The number of aryl methyl sites for hydroxylation is 1. The first-order valence-electron chi connectivity index (χ1n) is 6.16. The molecule has 1 atom stereocenters. The Labute approximate surface area is 109 Å². The zero-order valence-electron chi connectivity index (χ0n) is 11.8. The summed E-state index contributed by atoms with van der Waals surface area (Å²) in [6.45, 7) is 9.95. The quantitative estimate of drug-likeness (QED) is 0.832. The van der Waals surface area contributed by atoms with Gasteiger partial charge in [0.15, 0.2) is 0 Å². The molecule has 0 amide bonds. The highest BCUT2D eigenvalue weighted by Crippen LogP contribution is 2.09. The summed E-state index contributed by atoms with van der Waals surface area (Å²) in [7, 11) is 0. The molecule has 0 fully saturated rings. The lowest BCUT2D eigenvalue weighted by Gasteiger charge is -2.22. The van der Waals surface area contributed by atoms with Crippen LogP contribution in [-0.2, 0) is 16.1 Å². The number of hydrogen-bond donors (Lipinski definition) is 1. The second kappa shape index (κ2) is 5.96. The van der Waals surface area contributed by atoms with Gasteiger partial charge < -0.3 is 4.74 Å². The monoisotopic (exact) mass is 250 g/mol. The summed E-state index contributed by atoms with van der Waals surface area (Å²) in [6, 6.07) is 3.56. The van der Waals surface area contributed by atoms with Gasteiger partial charge in [-0.1, -0.05) is 6.07 Å². The van der Waals surface area contributed by atoms with Crippen LogP contribution in [0.3, 0.4) is 0 Å². The molecule has 1 aromatic rings. The van der Waals surface area contributed by atoms with Crippen LogP contribution < -0.4 is 5.32 Å². The molecule has 1 aromatic heterocycles. The van der Waals surface area contributed by atoms with Crippen molar-refractivity contribution in [1.29, 1.82) is 0 Å². The lowest BCUT2D eigenvalue weighted by molar-refractivity contribution is -0.157. The molecule has 0 aromatic carbocycles. The number of ether oxygens (including phenoxy) is 1. The van der Waals surface area contributed by atoms with Crippen LogP contribution in [0.15, 0.2) is 18.3 Å². The van der Waals surface area contributed by atoms with Gasteiger partial charge >= 0.3 is 5.97 Å². The second-order valence-corrected chi connectivity index (χ2v) is 5.40. The number of esters is 1. The molecule has 4 heteroatoms. The van der Waals surface area contributed by atoms with Gasteiger partial charge in [0.2, 0.25) is 0 Å². The number of carbonyl (C=O) groups excluding carboxylic acids is 1. The lowest BCUT2D eigenvalue weighted by atomic mass is 10.2. The molecule has 0 aliphatic heterocycles. The number of rotatable bonds is 4. The van der Waals surface area contributed by atoms with Gasteiger partial charge in [0.05, 0.1) is 5.69 Å². The lowest BCUT2D eigenvalue weighted by Crippen LogP contribution is -2.39. The molecule has 100 valence electrons. The minimum Gasteiger partial charge on any atom is -0.459 e. The average Bonchev–Trinajstić information content (AvgIpc) is 2.25. The zero-order chi connectivity index (χ0) is 13.8. The Bertz CT molecular complexity index is 411. The number of aromatic nitrogens is 1. The smallest absolute Gasteiger partial charge is 0.323 e. The molecule has 1 heterocycles. The van der Waals surface area contributed by atoms with Crippen molar-refractivity contribution >= 4 is 5.97 Å². The standard InChI is InChI=1S/C14H22N2O2/c1-10-7-6-8-15-12(10)9-16-11(2)13(17)18-14(3,4)5/h6-8,11,16H,9H2,1-5H3. The van der Waals surface area contributed by atoms with Gasteiger partial charge in [-0.05, 0) is 46.2 Å². The maximum atomic E-state index is 11.8. The first-order chi connectivity index (χ1) is 8.29. The van der Waals surface area contributed by atoms with Crippen LogP contribution in [0.4, 0.5) is 0 Å². The molecule has 0 aliphatic rings. The Morgan fingerprint density at radius 3 is 2.72 bits per heavy atom. The first-order valence-corrected chi connectivity index (χ1v) is 6.16. The van der Waals surface area contributed by atoms with Crippen LogP contribution in [0.2, 0.25) is 0 Å². The van der Waals surface area contributed by atoms with Gasteiger partial charge in [0, 0.05) is 12.7 Å². The fourth-order valence-electron chi connectivity index (χ4n) is 1.43. The topological polar surface area (TPSA) is 51.2 Å². The van der Waals surface area contributed by atoms with E-state index in [-0.39, 0.29) is 12.0 Å². The van der Waals surface area contributed by atoms with Crippen LogP contribution in [0.25, 0.3) is 0 Å². The second-order valence-electron chi connectivity index (χ2n) is 5.40. The Morgan fingerprint density at radius 2 is 2.17 bits per heavy atom. The summed E-state index contributed by atoms with van der Waals surface area (Å²) >= 11 is 0. The van der Waals surface area contributed by atoms with Crippen LogP contribution in [-0.4, -0.2) is 22.6 Å². The van der Waals surface area contributed by atoms with Gasteiger partial charge in [-0.3, -0.25) is 15.1 Å². The van der Waals surface area contributed by atoms with Crippen molar-refractivity contribution in [1.82, 2.24) is 10.3 Å². The van der Waals surface area contributed by atoms with Gasteiger partial charge in [0.25, 0.3) is 0 Å². The predicted octanol–water partition coefficient (Wildman–Crippen LogP) is 2.21. The molecule has 1 rings (SSSR count). The maximum Gasteiger partial charge on any atom is 0.323 e. The van der Waals surface area contributed by atoms with Gasteiger partial charge in [-0.2, -0.15) is 0 Å². The minimum absolute atomic E-state index is 0.240. The number of hydrogen-bond acceptors (Lipinski definition) is 4. The van der Waals surface area contributed by atoms with Crippen molar-refractivity contribution in [3.05, 3.63) is 29.6 Å². The largest absolute Gasteiger partial charge is 0.459 e. The molecule has 1 unspecified atom stereocenters. The third-order valence-corrected chi connectivity index (χ3v) is 2.45. The predicted molar refractivity (Wildman–Crippen MR) is 71.1 cm³/mol. The molecule has 0 spiro atoms. The van der Waals surface area contributed by atoms with Crippen molar-refractivity contribution in [2.45, 2.75) is 52.8 Å². The van der Waals surface area contributed by atoms with E-state index in [1.807, 2.05) is 39.8 Å². The number of carbonyl (C=O) groups is 1. The molecule has 0 aliphatic carbocycles. The van der Waals surface area contributed by atoms with Crippen LogP contribution in [0.5, 0.6) is 0 Å². The van der Waals surface area contributed by atoms with E-state index in [9.17, 15) is 4.79 Å². The highest BCUT2D eigenvalue weighted by Gasteiger charge is 2.21. The van der Waals surface area contributed by atoms with Crippen LogP contribution in [0.1, 0.15) is 39.0 Å². The molecular weight excluding hydrogens is 228 g/mol. The highest BCUT2D eigenvalue weighted by molar-refractivity contribution is 5.75. The molecule has 18 heavy (non-hydrogen) atoms. The molecule has 0 radical (unpaired) electrons. The SMILES string of the molecule is Cc1cccnc1CNC(C)C(=O)OC(C)(C)C. The van der Waals surface area contributed by atoms with Crippen molar-refractivity contribution in [3.8, 4) is 0 Å². The summed E-state index contributed by atoms with van der Waals surface area (Å²) in [5.74, 6) is -0.240.